The quantitative estimate of drug-likeness (QED) is 0.0216. The Hall–Kier alpha value is -5.68. The van der Waals surface area contributed by atoms with Gasteiger partial charge in [0.1, 0.15) is 30.0 Å². The fourth-order valence-electron chi connectivity index (χ4n) is 8.32. The third-order valence-electron chi connectivity index (χ3n) is 13.4. The number of carbonyl (C=O) groups excluding carboxylic acids is 7. The molecule has 0 spiro atoms. The van der Waals surface area contributed by atoms with Crippen molar-refractivity contribution in [1.29, 1.82) is 0 Å². The van der Waals surface area contributed by atoms with Crippen LogP contribution in [0, 0.1) is 23.2 Å². The van der Waals surface area contributed by atoms with Crippen molar-refractivity contribution in [2.75, 3.05) is 73.6 Å². The van der Waals surface area contributed by atoms with Crippen LogP contribution >= 0.6 is 11.6 Å². The maximum Gasteiger partial charge on any atom is 0.347 e. The van der Waals surface area contributed by atoms with Crippen LogP contribution in [0.1, 0.15) is 117 Å². The molecule has 1 heterocycles. The molecule has 7 N–H and O–H groups in total. The van der Waals surface area contributed by atoms with Crippen molar-refractivity contribution in [3.05, 3.63) is 76.8 Å². The molecule has 0 radical (unpaired) electrons. The normalized spacial score (nSPS) is 16.2. The summed E-state index contributed by atoms with van der Waals surface area (Å²) in [7, 11) is 3.10. The van der Waals surface area contributed by atoms with Gasteiger partial charge in [-0.3, -0.25) is 28.8 Å². The topological polar surface area (TPSA) is 283 Å². The van der Waals surface area contributed by atoms with Crippen molar-refractivity contribution in [2.24, 2.45) is 28.9 Å². The Balaban J connectivity index is 1.52. The highest BCUT2D eigenvalue weighted by Gasteiger charge is 2.48. The van der Waals surface area contributed by atoms with Crippen LogP contribution in [-0.2, 0) is 79.7 Å². The van der Waals surface area contributed by atoms with Crippen LogP contribution < -0.4 is 37.1 Å². The Kier molecular flexibility index (Phi) is 31.5. The summed E-state index contributed by atoms with van der Waals surface area (Å²) < 4.78 is 44.5. The summed E-state index contributed by atoms with van der Waals surface area (Å²) in [5.74, 6) is -3.39. The van der Waals surface area contributed by atoms with E-state index in [1.807, 2.05) is 58.9 Å². The van der Waals surface area contributed by atoms with Gasteiger partial charge in [0.05, 0.1) is 75.9 Å². The second kappa shape index (κ2) is 36.7. The molecule has 21 nitrogen and oxygen atoms in total. The molecule has 2 aromatic rings. The second-order valence-corrected chi connectivity index (χ2v) is 22.1. The Morgan fingerprint density at radius 1 is 0.778 bits per heavy atom. The van der Waals surface area contributed by atoms with E-state index in [2.05, 4.69) is 33.2 Å². The predicted molar refractivity (Wildman–Crippen MR) is 306 cm³/mol. The second-order valence-electron chi connectivity index (χ2n) is 21.6. The number of halogens is 1. The number of epoxide rings is 1. The number of hydrogen-bond acceptors (Lipinski definition) is 16. The average Bonchev–Trinajstić information content (AvgIpc) is 4.41. The van der Waals surface area contributed by atoms with E-state index in [1.54, 1.807) is 45.2 Å². The lowest BCUT2D eigenvalue weighted by Gasteiger charge is -2.29. The lowest BCUT2D eigenvalue weighted by molar-refractivity contribution is -0.179. The molecule has 0 bridgehead atoms. The van der Waals surface area contributed by atoms with E-state index in [0.717, 1.165) is 11.1 Å². The zero-order valence-electron chi connectivity index (χ0n) is 49.2. The molecule has 3 rings (SSSR count). The van der Waals surface area contributed by atoms with E-state index in [0.29, 0.717) is 88.2 Å². The molecule has 81 heavy (non-hydrogen) atoms. The molecule has 1 fully saturated rings. The molecule has 0 aromatic heterocycles. The minimum atomic E-state index is -1.29. The molecular formula is C59H91ClN6O15. The van der Waals surface area contributed by atoms with E-state index < -0.39 is 65.4 Å². The zero-order valence-corrected chi connectivity index (χ0v) is 50.0. The monoisotopic (exact) mass is 1160 g/mol. The molecule has 1 aliphatic rings. The summed E-state index contributed by atoms with van der Waals surface area (Å²) in [4.78, 5) is 92.1. The predicted octanol–water partition coefficient (Wildman–Crippen LogP) is 5.22. The van der Waals surface area contributed by atoms with Crippen LogP contribution in [0.2, 0.25) is 5.02 Å². The Morgan fingerprint density at radius 2 is 1.41 bits per heavy atom. The van der Waals surface area contributed by atoms with Gasteiger partial charge in [0, 0.05) is 58.8 Å². The highest BCUT2D eigenvalue weighted by molar-refractivity contribution is 6.32. The van der Waals surface area contributed by atoms with E-state index in [1.165, 1.54) is 14.0 Å². The molecule has 0 saturated carbocycles. The first kappa shape index (κ1) is 69.6. The molecule has 0 aliphatic carbocycles. The molecule has 0 unspecified atom stereocenters. The van der Waals surface area contributed by atoms with Crippen LogP contribution in [0.15, 0.2) is 55.1 Å². The molecule has 2 aromatic carbocycles. The fraction of sp³-hybridized carbons (Fsp3) is 0.644. The van der Waals surface area contributed by atoms with Crippen LogP contribution in [0.4, 0.5) is 0 Å². The maximum absolute atomic E-state index is 13.9. The molecular weight excluding hydrogens is 1070 g/mol. The number of carbonyl (C=O) groups is 7. The Bertz CT molecular complexity index is 2300. The van der Waals surface area contributed by atoms with E-state index in [-0.39, 0.29) is 80.7 Å². The standard InChI is InChI=1S/C59H91ClN6O15/c1-12-15-47(79-57(72)49(32-37(2)3)80-58(73)59(8,9)36-64-55(70)46(65-40(7)67)34-42-19-22-48(75-11)44(60)33-42)39(6)52-53(81-52)43-20-17-41(18-21-43)35-63-54(69)45(66-56(71)51(61)38(4)5)16-13-14-24-62-50(68)23-25-76-28-29-78-31-30-77-27-26-74-10/h12,17-22,33,37-39,45-47,49,51-53H,1,13-16,23-32,34-36,61H2,2-11H3,(H,62,68)(H,63,69)(H,64,70)(H,65,67)(H,66,71)/t39-,45-,46+,47-,49-,51-,52+,53+/m0/s1. The van der Waals surface area contributed by atoms with Crippen molar-refractivity contribution in [2.45, 2.75) is 149 Å². The third kappa shape index (κ3) is 26.0. The summed E-state index contributed by atoms with van der Waals surface area (Å²) >= 11 is 6.30. The van der Waals surface area contributed by atoms with Crippen LogP contribution in [0.25, 0.3) is 0 Å². The molecule has 22 heteroatoms. The van der Waals surface area contributed by atoms with Gasteiger partial charge < -0.3 is 70.2 Å². The Labute approximate surface area is 483 Å². The lowest BCUT2D eigenvalue weighted by Crippen LogP contribution is -2.52. The van der Waals surface area contributed by atoms with E-state index in [4.69, 9.17) is 55.2 Å². The van der Waals surface area contributed by atoms with Crippen molar-refractivity contribution in [3.8, 4) is 5.75 Å². The average molecular weight is 1160 g/mol. The molecule has 8 atom stereocenters. The lowest BCUT2D eigenvalue weighted by atomic mass is 9.92. The number of unbranched alkanes of at least 4 members (excludes halogenated alkanes) is 1. The zero-order chi connectivity index (χ0) is 60.1. The van der Waals surface area contributed by atoms with Gasteiger partial charge in [-0.15, -0.1) is 6.58 Å². The highest BCUT2D eigenvalue weighted by Crippen LogP contribution is 2.45. The number of esters is 2. The van der Waals surface area contributed by atoms with Crippen LogP contribution in [0.3, 0.4) is 0 Å². The molecule has 1 saturated heterocycles. The number of amides is 5. The smallest absolute Gasteiger partial charge is 0.347 e. The maximum atomic E-state index is 13.9. The van der Waals surface area contributed by atoms with Gasteiger partial charge in [-0.1, -0.05) is 82.6 Å². The summed E-state index contributed by atoms with van der Waals surface area (Å²) in [5.41, 5.74) is 7.20. The minimum absolute atomic E-state index is 0.0581. The molecule has 5 amide bonds. The van der Waals surface area contributed by atoms with Crippen molar-refractivity contribution in [1.82, 2.24) is 26.6 Å². The van der Waals surface area contributed by atoms with Gasteiger partial charge >= 0.3 is 11.9 Å². The SMILES string of the molecule is C=CC[C@H](OC(=O)[C@H](CC(C)C)OC(=O)C(C)(C)CNC(=O)[C@@H](Cc1ccc(OC)c(Cl)c1)NC(C)=O)[C@H](C)[C@H]1O[C@@H]1c1ccc(CNC(=O)[C@H](CCCCNC(=O)CCOCCOCCOCCOC)NC(=O)[C@@H](N)C(C)C)cc1. The first-order chi connectivity index (χ1) is 38.5. The summed E-state index contributed by atoms with van der Waals surface area (Å²) in [5, 5.41) is 14.4. The van der Waals surface area contributed by atoms with Crippen molar-refractivity contribution < 1.29 is 71.5 Å². The number of hydrogen-bond donors (Lipinski definition) is 6. The molecule has 454 valence electrons. The molecule has 1 aliphatic heterocycles. The summed E-state index contributed by atoms with van der Waals surface area (Å²) in [6.07, 6.45) is 1.38. The van der Waals surface area contributed by atoms with Gasteiger partial charge in [-0.2, -0.15) is 0 Å². The largest absolute Gasteiger partial charge is 0.495 e. The first-order valence-electron chi connectivity index (χ1n) is 28.0. The first-order valence-corrected chi connectivity index (χ1v) is 28.4. The van der Waals surface area contributed by atoms with E-state index >= 15 is 0 Å². The third-order valence-corrected chi connectivity index (χ3v) is 13.7. The van der Waals surface area contributed by atoms with Crippen molar-refractivity contribution in [3.63, 3.8) is 0 Å². The van der Waals surface area contributed by atoms with Gasteiger partial charge in [0.25, 0.3) is 0 Å². The van der Waals surface area contributed by atoms with Crippen LogP contribution in [0.5, 0.6) is 5.75 Å². The highest BCUT2D eigenvalue weighted by atomic mass is 35.5. The van der Waals surface area contributed by atoms with Crippen molar-refractivity contribution >= 4 is 53.1 Å². The minimum Gasteiger partial charge on any atom is -0.495 e. The van der Waals surface area contributed by atoms with Gasteiger partial charge in [-0.05, 0) is 80.2 Å². The Morgan fingerprint density at radius 3 is 2.00 bits per heavy atom. The van der Waals surface area contributed by atoms with E-state index in [9.17, 15) is 33.6 Å². The fourth-order valence-corrected chi connectivity index (χ4v) is 8.60. The number of nitrogens with two attached hydrogens (primary N) is 1. The number of nitrogens with one attached hydrogen (secondary N) is 5. The van der Waals surface area contributed by atoms with Gasteiger partial charge in [0.15, 0.2) is 6.10 Å². The number of benzene rings is 2. The van der Waals surface area contributed by atoms with Gasteiger partial charge in [-0.25, -0.2) is 4.79 Å². The summed E-state index contributed by atoms with van der Waals surface area (Å²) in [6.45, 7) is 21.1. The number of methoxy groups -OCH3 is 2. The van der Waals surface area contributed by atoms with Gasteiger partial charge in [0.2, 0.25) is 29.5 Å². The number of ether oxygens (including phenoxy) is 8. The van der Waals surface area contributed by atoms with Crippen LogP contribution in [-0.4, -0.2) is 151 Å². The number of rotatable bonds is 41. The summed E-state index contributed by atoms with van der Waals surface area (Å²) in [6, 6.07) is 10.00.